The Morgan fingerprint density at radius 3 is 2.57 bits per heavy atom. The first kappa shape index (κ1) is 21.8. The number of hydrogen-bond acceptors (Lipinski definition) is 5. The molecule has 6 nitrogen and oxygen atoms in total. The zero-order valence-electron chi connectivity index (χ0n) is 15.3. The lowest BCUT2D eigenvalue weighted by atomic mass is 10.3. The molecule has 1 amide bonds. The standard InChI is InChI=1S/C18H16F5N5OS/c19-16(20)30-17-27-12-3-1-2-4-13(12)28(17)10-15(29)25-8-7-24-14-6-5-11(9-26-14)18(21,22)23/h1-6,9,16H,7-8,10H2,(H,24,26)(H,25,29). The second-order valence-corrected chi connectivity index (χ2v) is 7.01. The van der Waals surface area contributed by atoms with Crippen LogP contribution in [-0.2, 0) is 17.5 Å². The van der Waals surface area contributed by atoms with Crippen molar-refractivity contribution in [3.63, 3.8) is 0 Å². The Labute approximate surface area is 171 Å². The van der Waals surface area contributed by atoms with Gasteiger partial charge in [0, 0.05) is 19.3 Å². The Balaban J connectivity index is 1.54. The topological polar surface area (TPSA) is 71.8 Å². The number of pyridine rings is 1. The fourth-order valence-electron chi connectivity index (χ4n) is 2.63. The van der Waals surface area contributed by atoms with Crippen molar-refractivity contribution in [1.29, 1.82) is 0 Å². The first-order chi connectivity index (χ1) is 14.2. The quantitative estimate of drug-likeness (QED) is 0.312. The molecule has 0 saturated heterocycles. The fraction of sp³-hybridized carbons (Fsp3) is 0.278. The van der Waals surface area contributed by atoms with Gasteiger partial charge in [-0.1, -0.05) is 12.1 Å². The molecule has 0 atom stereocenters. The first-order valence-electron chi connectivity index (χ1n) is 8.68. The van der Waals surface area contributed by atoms with Crippen LogP contribution in [0.2, 0.25) is 0 Å². The predicted octanol–water partition coefficient (Wildman–Crippen LogP) is 3.99. The third kappa shape index (κ3) is 5.59. The molecule has 0 aliphatic heterocycles. The normalized spacial score (nSPS) is 11.8. The van der Waals surface area contributed by atoms with Gasteiger partial charge in [-0.05, 0) is 36.0 Å². The van der Waals surface area contributed by atoms with Crippen LogP contribution in [0.5, 0.6) is 0 Å². The summed E-state index contributed by atoms with van der Waals surface area (Å²) in [5, 5.41) is 5.44. The summed E-state index contributed by atoms with van der Waals surface area (Å²) in [6.07, 6.45) is -3.74. The van der Waals surface area contributed by atoms with Gasteiger partial charge < -0.3 is 15.2 Å². The van der Waals surface area contributed by atoms with E-state index in [1.807, 2.05) is 0 Å². The lowest BCUT2D eigenvalue weighted by Crippen LogP contribution is -2.32. The zero-order chi connectivity index (χ0) is 21.7. The molecule has 3 rings (SSSR count). The minimum Gasteiger partial charge on any atom is -0.368 e. The van der Waals surface area contributed by atoms with Gasteiger partial charge in [0.25, 0.3) is 5.76 Å². The zero-order valence-corrected chi connectivity index (χ0v) is 16.1. The Kier molecular flexibility index (Phi) is 6.75. The monoisotopic (exact) mass is 445 g/mol. The van der Waals surface area contributed by atoms with Crippen molar-refractivity contribution in [1.82, 2.24) is 19.9 Å². The van der Waals surface area contributed by atoms with E-state index in [9.17, 15) is 26.7 Å². The van der Waals surface area contributed by atoms with Crippen LogP contribution in [0.4, 0.5) is 27.8 Å². The largest absolute Gasteiger partial charge is 0.417 e. The number of carbonyl (C=O) groups excluding carboxylic acids is 1. The van der Waals surface area contributed by atoms with Gasteiger partial charge in [0.05, 0.1) is 16.6 Å². The summed E-state index contributed by atoms with van der Waals surface area (Å²) >= 11 is 0.259. The van der Waals surface area contributed by atoms with Crippen LogP contribution in [0, 0.1) is 0 Å². The van der Waals surface area contributed by atoms with E-state index in [0.29, 0.717) is 17.2 Å². The number of amides is 1. The number of halogens is 5. The Bertz CT molecular complexity index is 1010. The van der Waals surface area contributed by atoms with Crippen molar-refractivity contribution in [3.8, 4) is 0 Å². The summed E-state index contributed by atoms with van der Waals surface area (Å²) < 4.78 is 64.5. The molecule has 0 radical (unpaired) electrons. The lowest BCUT2D eigenvalue weighted by molar-refractivity contribution is -0.137. The summed E-state index contributed by atoms with van der Waals surface area (Å²) in [7, 11) is 0. The number of imidazole rings is 1. The molecule has 2 N–H and O–H groups in total. The van der Waals surface area contributed by atoms with E-state index in [-0.39, 0.29) is 42.4 Å². The van der Waals surface area contributed by atoms with Gasteiger partial charge in [0.1, 0.15) is 12.4 Å². The second kappa shape index (κ2) is 9.28. The minimum atomic E-state index is -4.46. The van der Waals surface area contributed by atoms with E-state index < -0.39 is 23.4 Å². The molecule has 12 heteroatoms. The van der Waals surface area contributed by atoms with Crippen LogP contribution in [0.1, 0.15) is 5.56 Å². The average molecular weight is 445 g/mol. The third-order valence-electron chi connectivity index (χ3n) is 3.96. The van der Waals surface area contributed by atoms with Gasteiger partial charge in [0.15, 0.2) is 5.16 Å². The molecule has 160 valence electrons. The minimum absolute atomic E-state index is 0.0356. The number of fused-ring (bicyclic) bond motifs is 1. The molecule has 0 fully saturated rings. The highest BCUT2D eigenvalue weighted by Gasteiger charge is 2.30. The highest BCUT2D eigenvalue weighted by Crippen LogP contribution is 2.29. The molecule has 0 spiro atoms. The number of hydrogen-bond donors (Lipinski definition) is 2. The number of aromatic nitrogens is 3. The number of para-hydroxylation sites is 2. The Morgan fingerprint density at radius 2 is 1.90 bits per heavy atom. The fourth-order valence-corrected chi connectivity index (χ4v) is 3.23. The Hall–Kier alpha value is -2.89. The summed E-state index contributed by atoms with van der Waals surface area (Å²) in [6.45, 7) is 0.174. The maximum atomic E-state index is 12.8. The molecule has 30 heavy (non-hydrogen) atoms. The summed E-state index contributed by atoms with van der Waals surface area (Å²) in [6, 6.07) is 8.88. The average Bonchev–Trinajstić information content (AvgIpc) is 3.01. The van der Waals surface area contributed by atoms with Crippen LogP contribution in [0.15, 0.2) is 47.8 Å². The number of nitrogens with one attached hydrogen (secondary N) is 2. The number of thioether (sulfide) groups is 1. The summed E-state index contributed by atoms with van der Waals surface area (Å²) in [5.41, 5.74) is 0.206. The van der Waals surface area contributed by atoms with Crippen molar-refractivity contribution >= 4 is 34.5 Å². The van der Waals surface area contributed by atoms with Crippen molar-refractivity contribution in [2.24, 2.45) is 0 Å². The second-order valence-electron chi connectivity index (χ2n) is 6.05. The number of nitrogens with zero attached hydrogens (tertiary/aromatic N) is 3. The van der Waals surface area contributed by atoms with E-state index in [0.717, 1.165) is 6.07 Å². The van der Waals surface area contributed by atoms with E-state index in [1.54, 1.807) is 24.3 Å². The molecule has 1 aromatic carbocycles. The Morgan fingerprint density at radius 1 is 1.13 bits per heavy atom. The van der Waals surface area contributed by atoms with Crippen LogP contribution >= 0.6 is 11.8 Å². The van der Waals surface area contributed by atoms with Gasteiger partial charge in [-0.3, -0.25) is 4.79 Å². The van der Waals surface area contributed by atoms with Gasteiger partial charge in [-0.25, -0.2) is 9.97 Å². The molecular weight excluding hydrogens is 429 g/mol. The number of alkyl halides is 5. The van der Waals surface area contributed by atoms with Crippen LogP contribution in [0.25, 0.3) is 11.0 Å². The molecule has 0 bridgehead atoms. The SMILES string of the molecule is O=C(Cn1c(SC(F)F)nc2ccccc21)NCCNc1ccc(C(F)(F)F)cn1. The number of anilines is 1. The van der Waals surface area contributed by atoms with Crippen LogP contribution in [0.3, 0.4) is 0 Å². The smallest absolute Gasteiger partial charge is 0.368 e. The third-order valence-corrected chi connectivity index (χ3v) is 4.66. The van der Waals surface area contributed by atoms with E-state index in [4.69, 9.17) is 0 Å². The predicted molar refractivity (Wildman–Crippen MR) is 102 cm³/mol. The number of carbonyl (C=O) groups is 1. The molecule has 0 aliphatic carbocycles. The number of rotatable bonds is 8. The van der Waals surface area contributed by atoms with Gasteiger partial charge in [-0.2, -0.15) is 22.0 Å². The van der Waals surface area contributed by atoms with Crippen molar-refractivity contribution < 1.29 is 26.7 Å². The first-order valence-corrected chi connectivity index (χ1v) is 9.56. The van der Waals surface area contributed by atoms with Crippen molar-refractivity contribution in [2.45, 2.75) is 23.6 Å². The van der Waals surface area contributed by atoms with Gasteiger partial charge in [-0.15, -0.1) is 0 Å². The van der Waals surface area contributed by atoms with Crippen molar-refractivity contribution in [3.05, 3.63) is 48.2 Å². The molecule has 0 unspecified atom stereocenters. The molecule has 0 saturated carbocycles. The molecule has 2 aromatic heterocycles. The highest BCUT2D eigenvalue weighted by molar-refractivity contribution is 7.99. The van der Waals surface area contributed by atoms with E-state index >= 15 is 0 Å². The van der Waals surface area contributed by atoms with Gasteiger partial charge >= 0.3 is 6.18 Å². The van der Waals surface area contributed by atoms with Crippen LogP contribution < -0.4 is 10.6 Å². The molecule has 2 heterocycles. The van der Waals surface area contributed by atoms with E-state index in [1.165, 1.54) is 10.6 Å². The highest BCUT2D eigenvalue weighted by atomic mass is 32.2. The van der Waals surface area contributed by atoms with Crippen LogP contribution in [-0.4, -0.2) is 39.3 Å². The molecular formula is C18H16F5N5OS. The summed E-state index contributed by atoms with van der Waals surface area (Å²) in [5.74, 6) is -2.87. The maximum Gasteiger partial charge on any atom is 0.417 e. The summed E-state index contributed by atoms with van der Waals surface area (Å²) in [4.78, 5) is 20.0. The van der Waals surface area contributed by atoms with Gasteiger partial charge in [0.2, 0.25) is 5.91 Å². The lowest BCUT2D eigenvalue weighted by Gasteiger charge is -2.11. The van der Waals surface area contributed by atoms with Crippen molar-refractivity contribution in [2.75, 3.05) is 18.4 Å². The number of benzene rings is 1. The molecule has 0 aliphatic rings. The van der Waals surface area contributed by atoms with E-state index in [2.05, 4.69) is 20.6 Å². The maximum absolute atomic E-state index is 12.8. The molecule has 3 aromatic rings.